The number of ether oxygens (including phenoxy) is 1. The molecule has 3 rings (SSSR count). The predicted molar refractivity (Wildman–Crippen MR) is 40.9 cm³/mol. The van der Waals surface area contributed by atoms with Crippen LogP contribution < -0.4 is 0 Å². The van der Waals surface area contributed by atoms with E-state index < -0.39 is 0 Å². The van der Waals surface area contributed by atoms with Gasteiger partial charge in [-0.1, -0.05) is 18.2 Å². The summed E-state index contributed by atoms with van der Waals surface area (Å²) in [5.74, 6) is 0. The molecule has 1 unspecified atom stereocenters. The zero-order valence-corrected chi connectivity index (χ0v) is 6.00. The summed E-state index contributed by atoms with van der Waals surface area (Å²) in [6.45, 7) is 3.04. The zero-order valence-electron chi connectivity index (χ0n) is 6.00. The molecule has 0 N–H and O–H groups in total. The summed E-state index contributed by atoms with van der Waals surface area (Å²) in [4.78, 5) is 0. The van der Waals surface area contributed by atoms with Gasteiger partial charge in [0.2, 0.25) is 0 Å². The van der Waals surface area contributed by atoms with Gasteiger partial charge in [0.25, 0.3) is 0 Å². The molecule has 0 aromatic heterocycles. The minimum Gasteiger partial charge on any atom is -0.373 e. The van der Waals surface area contributed by atoms with Crippen molar-refractivity contribution in [2.45, 2.75) is 13.0 Å². The summed E-state index contributed by atoms with van der Waals surface area (Å²) in [6, 6.07) is 8.48. The molecular weight excluding hydrogens is 124 g/mol. The van der Waals surface area contributed by atoms with Gasteiger partial charge in [0.1, 0.15) is 0 Å². The highest BCUT2D eigenvalue weighted by molar-refractivity contribution is 5.80. The molecule has 0 spiro atoms. The Labute approximate surface area is 60.6 Å². The molecule has 1 heterocycles. The Morgan fingerprint density at radius 3 is 2.00 bits per heavy atom. The fraction of sp³-hybridized carbons (Fsp3) is 0.333. The molecule has 1 fully saturated rings. The van der Waals surface area contributed by atoms with Crippen LogP contribution in [-0.4, -0.2) is 12.7 Å². The molecule has 0 bridgehead atoms. The van der Waals surface area contributed by atoms with Crippen molar-refractivity contribution in [2.24, 2.45) is 0 Å². The van der Waals surface area contributed by atoms with Crippen molar-refractivity contribution < 1.29 is 4.74 Å². The van der Waals surface area contributed by atoms with Crippen molar-refractivity contribution in [2.75, 3.05) is 6.61 Å². The monoisotopic (exact) mass is 134 g/mol. The summed E-state index contributed by atoms with van der Waals surface area (Å²) < 4.78 is 4.71. The number of hydrogen-bond donors (Lipinski definition) is 0. The Balaban J connectivity index is 0.0000000886. The quantitative estimate of drug-likeness (QED) is 0.502. The third kappa shape index (κ3) is 1.36. The lowest BCUT2D eigenvalue weighted by Crippen LogP contribution is -1.60. The molecule has 1 nitrogen and oxygen atoms in total. The summed E-state index contributed by atoms with van der Waals surface area (Å²) >= 11 is 0. The van der Waals surface area contributed by atoms with Crippen LogP contribution in [0.15, 0.2) is 24.3 Å². The molecule has 0 amide bonds. The van der Waals surface area contributed by atoms with Crippen LogP contribution >= 0.6 is 0 Å². The maximum Gasteiger partial charge on any atom is 0.0781 e. The first-order valence-corrected chi connectivity index (χ1v) is 3.58. The lowest BCUT2D eigenvalue weighted by molar-refractivity contribution is 0.423. The van der Waals surface area contributed by atoms with Crippen LogP contribution in [0.4, 0.5) is 0 Å². The first-order valence-electron chi connectivity index (χ1n) is 3.58. The summed E-state index contributed by atoms with van der Waals surface area (Å²) in [7, 11) is 0. The molecule has 3 aliphatic rings. The molecule has 1 heteroatoms. The molecule has 52 valence electrons. The van der Waals surface area contributed by atoms with E-state index in [0.29, 0.717) is 6.10 Å². The van der Waals surface area contributed by atoms with Gasteiger partial charge in [-0.05, 0) is 24.1 Å². The first kappa shape index (κ1) is 5.93. The molecule has 1 aliphatic heterocycles. The summed E-state index contributed by atoms with van der Waals surface area (Å²) in [5.41, 5.74) is 2.85. The van der Waals surface area contributed by atoms with E-state index >= 15 is 0 Å². The Kier molecular flexibility index (Phi) is 1.24. The van der Waals surface area contributed by atoms with E-state index in [-0.39, 0.29) is 0 Å². The fourth-order valence-electron chi connectivity index (χ4n) is 0.772. The van der Waals surface area contributed by atoms with E-state index in [1.165, 1.54) is 11.1 Å². The van der Waals surface area contributed by atoms with Crippen molar-refractivity contribution >= 4 is 0 Å². The van der Waals surface area contributed by atoms with Gasteiger partial charge in [0, 0.05) is 0 Å². The van der Waals surface area contributed by atoms with Crippen LogP contribution in [0.1, 0.15) is 6.92 Å². The maximum atomic E-state index is 4.71. The van der Waals surface area contributed by atoms with Gasteiger partial charge in [-0.3, -0.25) is 0 Å². The Morgan fingerprint density at radius 2 is 1.90 bits per heavy atom. The van der Waals surface area contributed by atoms with E-state index in [1.807, 2.05) is 0 Å². The average molecular weight is 134 g/mol. The Bertz CT molecular complexity index is 221. The molecule has 10 heavy (non-hydrogen) atoms. The van der Waals surface area contributed by atoms with Gasteiger partial charge in [-0.15, -0.1) is 0 Å². The van der Waals surface area contributed by atoms with E-state index in [0.717, 1.165) is 6.61 Å². The number of hydrogen-bond acceptors (Lipinski definition) is 1. The van der Waals surface area contributed by atoms with Crippen molar-refractivity contribution in [3.63, 3.8) is 0 Å². The second-order valence-corrected chi connectivity index (χ2v) is 2.72. The third-order valence-electron chi connectivity index (χ3n) is 1.61. The van der Waals surface area contributed by atoms with E-state index in [2.05, 4.69) is 31.2 Å². The highest BCUT2D eigenvalue weighted by Crippen LogP contribution is 2.32. The molecule has 2 aliphatic carbocycles. The van der Waals surface area contributed by atoms with Crippen LogP contribution in [0.5, 0.6) is 0 Å². The second-order valence-electron chi connectivity index (χ2n) is 2.72. The number of rotatable bonds is 0. The van der Waals surface area contributed by atoms with E-state index in [9.17, 15) is 0 Å². The molecular formula is C9H10O. The lowest BCUT2D eigenvalue weighted by Gasteiger charge is -1.50. The topological polar surface area (TPSA) is 12.5 Å². The first-order chi connectivity index (χ1) is 4.86. The number of epoxide rings is 1. The molecule has 0 aromatic carbocycles. The van der Waals surface area contributed by atoms with Crippen molar-refractivity contribution in [1.29, 1.82) is 0 Å². The minimum absolute atomic E-state index is 0.583. The van der Waals surface area contributed by atoms with E-state index in [4.69, 9.17) is 4.74 Å². The number of benzene rings is 1. The Hall–Kier alpha value is -0.820. The molecule has 1 atom stereocenters. The lowest BCUT2D eigenvalue weighted by atomic mass is 10.6. The van der Waals surface area contributed by atoms with Crippen LogP contribution in [0.25, 0.3) is 11.1 Å². The summed E-state index contributed by atoms with van der Waals surface area (Å²) in [6.07, 6.45) is 0.583. The highest BCUT2D eigenvalue weighted by atomic mass is 16.6. The molecule has 0 aromatic rings. The van der Waals surface area contributed by atoms with Crippen LogP contribution in [-0.2, 0) is 4.74 Å². The van der Waals surface area contributed by atoms with Crippen molar-refractivity contribution in [1.82, 2.24) is 0 Å². The third-order valence-corrected chi connectivity index (χ3v) is 1.61. The Morgan fingerprint density at radius 1 is 1.40 bits per heavy atom. The van der Waals surface area contributed by atoms with Gasteiger partial charge >= 0.3 is 0 Å². The minimum atomic E-state index is 0.583. The number of fused-ring (bicyclic) bond motifs is 1. The SMILES string of the molecule is CC1CO1.c1cc2cc-2c1. The summed E-state index contributed by atoms with van der Waals surface area (Å²) in [5, 5.41) is 0. The van der Waals surface area contributed by atoms with Crippen LogP contribution in [0.3, 0.4) is 0 Å². The molecule has 0 radical (unpaired) electrons. The van der Waals surface area contributed by atoms with E-state index in [1.54, 1.807) is 0 Å². The highest BCUT2D eigenvalue weighted by Gasteiger charge is 2.13. The van der Waals surface area contributed by atoms with Gasteiger partial charge in [0.15, 0.2) is 0 Å². The smallest absolute Gasteiger partial charge is 0.0781 e. The standard InChI is InChI=1S/C6H4.C3H6O/c1-2-5-4-6(5)3-1;1-3-2-4-3/h1-4H;3H,2H2,1H3. The van der Waals surface area contributed by atoms with Crippen molar-refractivity contribution in [3.8, 4) is 11.1 Å². The second kappa shape index (κ2) is 2.10. The maximum absolute atomic E-state index is 4.71. The zero-order chi connectivity index (χ0) is 6.97. The van der Waals surface area contributed by atoms with Gasteiger partial charge in [0.05, 0.1) is 12.7 Å². The molecule has 0 saturated carbocycles. The normalized spacial score (nSPS) is 22.7. The van der Waals surface area contributed by atoms with Crippen LogP contribution in [0.2, 0.25) is 0 Å². The van der Waals surface area contributed by atoms with Crippen molar-refractivity contribution in [3.05, 3.63) is 24.3 Å². The molecule has 1 saturated heterocycles. The largest absolute Gasteiger partial charge is 0.373 e. The fourth-order valence-corrected chi connectivity index (χ4v) is 0.772. The van der Waals surface area contributed by atoms with Crippen LogP contribution in [0, 0.1) is 0 Å². The predicted octanol–water partition coefficient (Wildman–Crippen LogP) is 2.07. The van der Waals surface area contributed by atoms with Gasteiger partial charge in [-0.2, -0.15) is 0 Å². The van der Waals surface area contributed by atoms with Gasteiger partial charge in [-0.25, -0.2) is 0 Å². The average Bonchev–Trinajstić information content (AvgIpc) is 2.83. The van der Waals surface area contributed by atoms with Gasteiger partial charge < -0.3 is 4.74 Å².